The van der Waals surface area contributed by atoms with Crippen LogP contribution in [0.5, 0.6) is 0 Å². The Kier molecular flexibility index (Phi) is 8.02. The summed E-state index contributed by atoms with van der Waals surface area (Å²) in [5, 5.41) is 5.25. The monoisotopic (exact) mass is 398 g/mol. The minimum atomic E-state index is -4.31. The van der Waals surface area contributed by atoms with Crippen LogP contribution in [0.4, 0.5) is 13.2 Å². The van der Waals surface area contributed by atoms with E-state index in [-0.39, 0.29) is 30.9 Å². The van der Waals surface area contributed by atoms with Gasteiger partial charge in [-0.2, -0.15) is 13.2 Å². The van der Waals surface area contributed by atoms with Crippen LogP contribution in [-0.2, 0) is 6.18 Å². The molecule has 1 aliphatic rings. The van der Waals surface area contributed by atoms with Crippen molar-refractivity contribution in [3.8, 4) is 0 Å². The maximum atomic E-state index is 13.0. The second kappa shape index (κ2) is 9.06. The second-order valence-electron chi connectivity index (χ2n) is 5.33. The van der Waals surface area contributed by atoms with E-state index in [1.165, 1.54) is 12.1 Å². The van der Waals surface area contributed by atoms with Crippen LogP contribution in [0.3, 0.4) is 0 Å². The van der Waals surface area contributed by atoms with E-state index in [9.17, 15) is 13.2 Å². The lowest BCUT2D eigenvalue weighted by Gasteiger charge is -2.35. The van der Waals surface area contributed by atoms with Gasteiger partial charge >= 0.3 is 6.18 Å². The van der Waals surface area contributed by atoms with Crippen molar-refractivity contribution >= 4 is 36.2 Å². The molecular weight excluding hydrogens is 380 g/mol. The Morgan fingerprint density at radius 3 is 2.33 bits per heavy atom. The highest BCUT2D eigenvalue weighted by Crippen LogP contribution is 2.35. The third-order valence-corrected chi connectivity index (χ3v) is 4.78. The summed E-state index contributed by atoms with van der Waals surface area (Å²) >= 11 is 1.59. The van der Waals surface area contributed by atoms with E-state index in [0.29, 0.717) is 5.56 Å². The summed E-state index contributed by atoms with van der Waals surface area (Å²) in [7, 11) is 0. The van der Waals surface area contributed by atoms with Gasteiger partial charge in [0.1, 0.15) is 0 Å². The summed E-state index contributed by atoms with van der Waals surface area (Å²) in [4.78, 5) is 3.33. The maximum Gasteiger partial charge on any atom is 0.416 e. The molecule has 0 amide bonds. The van der Waals surface area contributed by atoms with Crippen LogP contribution in [-0.4, -0.2) is 31.1 Å². The molecule has 1 N–H and O–H groups in total. The van der Waals surface area contributed by atoms with Gasteiger partial charge in [0, 0.05) is 31.1 Å². The fraction of sp³-hybridized carbons (Fsp3) is 0.375. The Balaban J connectivity index is 0.00000144. The van der Waals surface area contributed by atoms with E-state index >= 15 is 0 Å². The van der Waals surface area contributed by atoms with Crippen molar-refractivity contribution < 1.29 is 13.2 Å². The summed E-state index contributed by atoms with van der Waals surface area (Å²) < 4.78 is 39.0. The van der Waals surface area contributed by atoms with Gasteiger partial charge in [-0.1, -0.05) is 18.2 Å². The fourth-order valence-corrected chi connectivity index (χ4v) is 3.71. The first-order valence-electron chi connectivity index (χ1n) is 7.21. The first kappa shape index (κ1) is 21.3. The van der Waals surface area contributed by atoms with Crippen molar-refractivity contribution in [1.29, 1.82) is 0 Å². The molecule has 3 rings (SSSR count). The van der Waals surface area contributed by atoms with Gasteiger partial charge in [-0.3, -0.25) is 4.90 Å². The van der Waals surface area contributed by atoms with Gasteiger partial charge in [-0.05, 0) is 29.1 Å². The molecule has 1 fully saturated rings. The van der Waals surface area contributed by atoms with Crippen LogP contribution in [0.15, 0.2) is 41.8 Å². The largest absolute Gasteiger partial charge is 0.416 e. The molecule has 8 heteroatoms. The Hall–Kier alpha value is -0.790. The Bertz CT molecular complexity index is 614. The second-order valence-corrected chi connectivity index (χ2v) is 6.31. The van der Waals surface area contributed by atoms with Crippen molar-refractivity contribution in [2.24, 2.45) is 0 Å². The lowest BCUT2D eigenvalue weighted by Crippen LogP contribution is -2.45. The van der Waals surface area contributed by atoms with Crippen molar-refractivity contribution in [2.75, 3.05) is 26.2 Å². The predicted molar refractivity (Wildman–Crippen MR) is 96.5 cm³/mol. The Morgan fingerprint density at radius 2 is 1.75 bits per heavy atom. The van der Waals surface area contributed by atoms with Crippen molar-refractivity contribution in [3.63, 3.8) is 0 Å². The number of thiophene rings is 1. The van der Waals surface area contributed by atoms with Gasteiger partial charge in [0.25, 0.3) is 0 Å². The highest BCUT2D eigenvalue weighted by molar-refractivity contribution is 7.10. The first-order chi connectivity index (χ1) is 10.6. The van der Waals surface area contributed by atoms with Crippen LogP contribution < -0.4 is 5.32 Å². The van der Waals surface area contributed by atoms with Gasteiger partial charge < -0.3 is 5.32 Å². The van der Waals surface area contributed by atoms with E-state index in [2.05, 4.69) is 10.2 Å². The van der Waals surface area contributed by atoms with E-state index in [1.807, 2.05) is 17.5 Å². The van der Waals surface area contributed by atoms with E-state index in [1.54, 1.807) is 17.4 Å². The number of halogens is 5. The summed E-state index contributed by atoms with van der Waals surface area (Å²) in [5.41, 5.74) is 0.126. The van der Waals surface area contributed by atoms with Gasteiger partial charge in [0.05, 0.1) is 11.6 Å². The minimum absolute atomic E-state index is 0. The topological polar surface area (TPSA) is 15.3 Å². The van der Waals surface area contributed by atoms with Gasteiger partial charge in [-0.15, -0.1) is 36.2 Å². The zero-order valence-electron chi connectivity index (χ0n) is 12.8. The summed E-state index contributed by atoms with van der Waals surface area (Å²) in [6, 6.07) is 9.55. The van der Waals surface area contributed by atoms with Crippen LogP contribution in [0.25, 0.3) is 0 Å². The summed E-state index contributed by atoms with van der Waals surface area (Å²) in [5.74, 6) is 0. The van der Waals surface area contributed by atoms with Gasteiger partial charge in [0.2, 0.25) is 0 Å². The highest BCUT2D eigenvalue weighted by Gasteiger charge is 2.32. The number of rotatable bonds is 3. The lowest BCUT2D eigenvalue weighted by molar-refractivity contribution is -0.137. The lowest BCUT2D eigenvalue weighted by atomic mass is 10.00. The smallest absolute Gasteiger partial charge is 0.314 e. The number of benzene rings is 1. The quantitative estimate of drug-likeness (QED) is 0.812. The molecule has 1 aromatic carbocycles. The molecule has 0 radical (unpaired) electrons. The van der Waals surface area contributed by atoms with Crippen LogP contribution in [0.1, 0.15) is 22.0 Å². The number of hydrogen-bond acceptors (Lipinski definition) is 3. The molecule has 2 nitrogen and oxygen atoms in total. The number of hydrogen-bond donors (Lipinski definition) is 1. The Morgan fingerprint density at radius 1 is 1.04 bits per heavy atom. The van der Waals surface area contributed by atoms with Gasteiger partial charge in [-0.25, -0.2) is 0 Å². The molecule has 24 heavy (non-hydrogen) atoms. The van der Waals surface area contributed by atoms with Gasteiger partial charge in [0.15, 0.2) is 0 Å². The number of alkyl halides is 3. The molecular formula is C16H19Cl2F3N2S. The van der Waals surface area contributed by atoms with Crippen molar-refractivity contribution in [2.45, 2.75) is 12.2 Å². The molecule has 1 aliphatic heterocycles. The predicted octanol–water partition coefficient (Wildman–Crippen LogP) is 4.61. The SMILES string of the molecule is Cl.Cl.FC(F)(F)c1cccc([C@H](c2cccs2)N2CCNCC2)c1. The van der Waals surface area contributed by atoms with E-state index in [0.717, 1.165) is 37.1 Å². The molecule has 1 atom stereocenters. The standard InChI is InChI=1S/C16H17F3N2S.2ClH/c17-16(18,19)13-4-1-3-12(11-13)15(14-5-2-10-22-14)21-8-6-20-7-9-21;;/h1-5,10-11,15,20H,6-9H2;2*1H/t15-;;/m1../s1. The molecule has 2 heterocycles. The minimum Gasteiger partial charge on any atom is -0.314 e. The fourth-order valence-electron chi connectivity index (χ4n) is 2.83. The van der Waals surface area contributed by atoms with E-state index < -0.39 is 11.7 Å². The Labute approximate surface area is 155 Å². The average Bonchev–Trinajstić information content (AvgIpc) is 3.02. The van der Waals surface area contributed by atoms with Crippen molar-refractivity contribution in [1.82, 2.24) is 10.2 Å². The maximum absolute atomic E-state index is 13.0. The molecule has 0 spiro atoms. The number of nitrogens with one attached hydrogen (secondary N) is 1. The van der Waals surface area contributed by atoms with E-state index in [4.69, 9.17) is 0 Å². The molecule has 0 unspecified atom stereocenters. The van der Waals surface area contributed by atoms with Crippen molar-refractivity contribution in [3.05, 3.63) is 57.8 Å². The third-order valence-electron chi connectivity index (χ3n) is 3.86. The van der Waals surface area contributed by atoms with Crippen LogP contribution >= 0.6 is 36.2 Å². The molecule has 0 saturated carbocycles. The van der Waals surface area contributed by atoms with Crippen LogP contribution in [0.2, 0.25) is 0 Å². The average molecular weight is 399 g/mol. The number of piperazine rings is 1. The molecule has 2 aromatic rings. The molecule has 0 bridgehead atoms. The summed E-state index contributed by atoms with van der Waals surface area (Å²) in [6.07, 6.45) is -4.31. The number of nitrogens with zero attached hydrogens (tertiary/aromatic N) is 1. The molecule has 1 aromatic heterocycles. The zero-order valence-corrected chi connectivity index (χ0v) is 15.2. The zero-order chi connectivity index (χ0) is 15.6. The molecule has 1 saturated heterocycles. The first-order valence-corrected chi connectivity index (χ1v) is 8.09. The third kappa shape index (κ3) is 4.86. The highest BCUT2D eigenvalue weighted by atomic mass is 35.5. The molecule has 0 aliphatic carbocycles. The normalized spacial score (nSPS) is 16.8. The molecule has 134 valence electrons. The van der Waals surface area contributed by atoms with Crippen LogP contribution in [0, 0.1) is 0 Å². The summed E-state index contributed by atoms with van der Waals surface area (Å²) in [6.45, 7) is 3.39.